The van der Waals surface area contributed by atoms with Gasteiger partial charge in [0.25, 0.3) is 5.91 Å². The molecule has 1 aromatic carbocycles. The molecule has 0 bridgehead atoms. The number of halogens is 1. The van der Waals surface area contributed by atoms with Crippen LogP contribution in [0.5, 0.6) is 0 Å². The molecule has 8 nitrogen and oxygen atoms in total. The number of carbonyl (C=O) groups excluding carboxylic acids is 2. The number of fused-ring (bicyclic) bond motifs is 1. The van der Waals surface area contributed by atoms with Gasteiger partial charge in [0, 0.05) is 23.5 Å². The maximum atomic E-state index is 15.3. The Morgan fingerprint density at radius 3 is 2.43 bits per heavy atom. The maximum absolute atomic E-state index is 15.3. The Balaban J connectivity index is 2.11. The molecule has 0 spiro atoms. The molecule has 3 aromatic rings. The first-order valence-corrected chi connectivity index (χ1v) is 8.56. The number of primary amides is 1. The summed E-state index contributed by atoms with van der Waals surface area (Å²) in [5, 5.41) is 3.98. The predicted molar refractivity (Wildman–Crippen MR) is 99.8 cm³/mol. The number of nitrogens with two attached hydrogens (primary N) is 1. The van der Waals surface area contributed by atoms with E-state index in [0.717, 1.165) is 0 Å². The van der Waals surface area contributed by atoms with Gasteiger partial charge in [0.15, 0.2) is 5.69 Å². The number of aryl methyl sites for hydroxylation is 1. The number of nitrogens with zero attached hydrogens (tertiary/aromatic N) is 4. The second-order valence-electron chi connectivity index (χ2n) is 7.30. The molecule has 0 aliphatic rings. The number of hydrogen-bond donors (Lipinski definition) is 1. The van der Waals surface area contributed by atoms with Crippen LogP contribution in [0.15, 0.2) is 24.5 Å². The van der Waals surface area contributed by atoms with Crippen molar-refractivity contribution >= 4 is 22.8 Å². The number of aromatic nitrogens is 4. The van der Waals surface area contributed by atoms with E-state index in [9.17, 15) is 9.59 Å². The van der Waals surface area contributed by atoms with E-state index in [2.05, 4.69) is 15.1 Å². The van der Waals surface area contributed by atoms with Crippen molar-refractivity contribution in [2.75, 3.05) is 0 Å². The first-order chi connectivity index (χ1) is 13.1. The van der Waals surface area contributed by atoms with Crippen molar-refractivity contribution in [3.8, 4) is 11.1 Å². The van der Waals surface area contributed by atoms with Crippen LogP contribution in [0.1, 0.15) is 37.1 Å². The topological polar surface area (TPSA) is 113 Å². The van der Waals surface area contributed by atoms with Crippen LogP contribution >= 0.6 is 0 Å². The number of benzene rings is 1. The van der Waals surface area contributed by atoms with Crippen molar-refractivity contribution < 1.29 is 18.7 Å². The number of rotatable bonds is 4. The Morgan fingerprint density at radius 2 is 1.86 bits per heavy atom. The van der Waals surface area contributed by atoms with E-state index in [1.807, 2.05) is 0 Å². The number of ether oxygens (including phenoxy) is 1. The van der Waals surface area contributed by atoms with E-state index in [4.69, 9.17) is 10.5 Å². The minimum atomic E-state index is -0.899. The van der Waals surface area contributed by atoms with Crippen LogP contribution < -0.4 is 5.73 Å². The van der Waals surface area contributed by atoms with E-state index >= 15 is 4.39 Å². The molecule has 3 rings (SSSR count). The molecule has 0 fully saturated rings. The molecule has 28 heavy (non-hydrogen) atoms. The van der Waals surface area contributed by atoms with Crippen LogP contribution in [0.2, 0.25) is 0 Å². The minimum absolute atomic E-state index is 0.0610. The monoisotopic (exact) mass is 385 g/mol. The van der Waals surface area contributed by atoms with Gasteiger partial charge in [-0.3, -0.25) is 14.3 Å². The summed E-state index contributed by atoms with van der Waals surface area (Å²) < 4.78 is 21.7. The van der Waals surface area contributed by atoms with Crippen LogP contribution in [-0.4, -0.2) is 37.2 Å². The van der Waals surface area contributed by atoms with Gasteiger partial charge in [-0.2, -0.15) is 5.10 Å². The molecule has 1 amide bonds. The molecule has 0 aliphatic heterocycles. The Labute approximate surface area is 160 Å². The quantitative estimate of drug-likeness (QED) is 0.690. The largest absolute Gasteiger partial charge is 0.459 e. The van der Waals surface area contributed by atoms with Gasteiger partial charge in [0.1, 0.15) is 23.8 Å². The summed E-state index contributed by atoms with van der Waals surface area (Å²) in [5.41, 5.74) is 5.34. The van der Waals surface area contributed by atoms with E-state index in [1.165, 1.54) is 23.1 Å². The van der Waals surface area contributed by atoms with Crippen LogP contribution in [-0.2, 0) is 16.1 Å². The zero-order valence-electron chi connectivity index (χ0n) is 16.0. The average Bonchev–Trinajstić information content (AvgIpc) is 2.94. The lowest BCUT2D eigenvalue weighted by atomic mass is 10.0. The smallest absolute Gasteiger partial charge is 0.328 e. The number of esters is 1. The summed E-state index contributed by atoms with van der Waals surface area (Å²) in [6.07, 6.45) is 2.98. The highest BCUT2D eigenvalue weighted by Gasteiger charge is 2.24. The van der Waals surface area contributed by atoms with Gasteiger partial charge in [-0.25, -0.2) is 14.4 Å². The molecule has 146 valence electrons. The second-order valence-corrected chi connectivity index (χ2v) is 7.30. The Kier molecular flexibility index (Phi) is 4.84. The summed E-state index contributed by atoms with van der Waals surface area (Å²) in [5.74, 6) is -1.60. The summed E-state index contributed by atoms with van der Waals surface area (Å²) in [4.78, 5) is 32.1. The molecule has 0 unspecified atom stereocenters. The lowest BCUT2D eigenvalue weighted by Crippen LogP contribution is -2.27. The van der Waals surface area contributed by atoms with E-state index < -0.39 is 23.3 Å². The molecule has 2 aromatic heterocycles. The number of amides is 1. The van der Waals surface area contributed by atoms with Crippen molar-refractivity contribution in [3.05, 3.63) is 41.9 Å². The van der Waals surface area contributed by atoms with Crippen LogP contribution in [0, 0.1) is 12.7 Å². The van der Waals surface area contributed by atoms with Gasteiger partial charge >= 0.3 is 5.97 Å². The molecule has 0 saturated heterocycles. The molecule has 0 aliphatic carbocycles. The van der Waals surface area contributed by atoms with E-state index in [-0.39, 0.29) is 28.7 Å². The fourth-order valence-electron chi connectivity index (χ4n) is 2.77. The summed E-state index contributed by atoms with van der Waals surface area (Å²) in [6, 6.07) is 3.08. The van der Waals surface area contributed by atoms with Crippen molar-refractivity contribution in [3.63, 3.8) is 0 Å². The molecule has 9 heteroatoms. The maximum Gasteiger partial charge on any atom is 0.328 e. The fraction of sp³-hybridized carbons (Fsp3) is 0.316. The zero-order chi connectivity index (χ0) is 20.6. The standard InChI is InChI=1S/C19H20FN5O3/c1-10-22-7-11(8-23-10)12-5-6-13-15(16(12)20)17(18(21)27)24-25(13)9-14(26)28-19(2,3)4/h5-8H,9H2,1-4H3,(H2,21,27). The van der Waals surface area contributed by atoms with Crippen molar-refractivity contribution in [1.82, 2.24) is 19.7 Å². The van der Waals surface area contributed by atoms with Crippen LogP contribution in [0.3, 0.4) is 0 Å². The lowest BCUT2D eigenvalue weighted by molar-refractivity contribution is -0.155. The molecule has 2 heterocycles. The van der Waals surface area contributed by atoms with Gasteiger partial charge < -0.3 is 10.5 Å². The van der Waals surface area contributed by atoms with Crippen LogP contribution in [0.4, 0.5) is 4.39 Å². The van der Waals surface area contributed by atoms with Crippen molar-refractivity contribution in [2.24, 2.45) is 5.73 Å². The third-order valence-electron chi connectivity index (χ3n) is 3.88. The fourth-order valence-corrected chi connectivity index (χ4v) is 2.77. The Bertz CT molecular complexity index is 1070. The molecule has 0 radical (unpaired) electrons. The van der Waals surface area contributed by atoms with Crippen LogP contribution in [0.25, 0.3) is 22.0 Å². The summed E-state index contributed by atoms with van der Waals surface area (Å²) >= 11 is 0. The highest BCUT2D eigenvalue weighted by molar-refractivity contribution is 6.05. The molecule has 0 saturated carbocycles. The third kappa shape index (κ3) is 3.83. The van der Waals surface area contributed by atoms with Gasteiger partial charge in [-0.15, -0.1) is 0 Å². The molecule has 0 atom stereocenters. The third-order valence-corrected chi connectivity index (χ3v) is 3.88. The highest BCUT2D eigenvalue weighted by atomic mass is 19.1. The lowest BCUT2D eigenvalue weighted by Gasteiger charge is -2.19. The summed E-state index contributed by atoms with van der Waals surface area (Å²) in [7, 11) is 0. The highest BCUT2D eigenvalue weighted by Crippen LogP contribution is 2.30. The normalized spacial score (nSPS) is 11.6. The first kappa shape index (κ1) is 19.4. The molecular formula is C19H20FN5O3. The molecular weight excluding hydrogens is 365 g/mol. The second kappa shape index (κ2) is 6.99. The van der Waals surface area contributed by atoms with Gasteiger partial charge in [0.2, 0.25) is 0 Å². The SMILES string of the molecule is Cc1ncc(-c2ccc3c(c(C(N)=O)nn3CC(=O)OC(C)(C)C)c2F)cn1. The molecule has 2 N–H and O–H groups in total. The van der Waals surface area contributed by atoms with Crippen molar-refractivity contribution in [1.29, 1.82) is 0 Å². The summed E-state index contributed by atoms with van der Waals surface area (Å²) in [6.45, 7) is 6.63. The number of carbonyl (C=O) groups is 2. The van der Waals surface area contributed by atoms with Gasteiger partial charge in [-0.1, -0.05) is 0 Å². The van der Waals surface area contributed by atoms with E-state index in [1.54, 1.807) is 33.8 Å². The van der Waals surface area contributed by atoms with Crippen molar-refractivity contribution in [2.45, 2.75) is 39.8 Å². The Morgan fingerprint density at radius 1 is 1.21 bits per heavy atom. The minimum Gasteiger partial charge on any atom is -0.459 e. The van der Waals surface area contributed by atoms with Gasteiger partial charge in [-0.05, 0) is 39.8 Å². The zero-order valence-corrected chi connectivity index (χ0v) is 16.0. The number of hydrogen-bond acceptors (Lipinski definition) is 6. The Hall–Kier alpha value is -3.36. The predicted octanol–water partition coefficient (Wildman–Crippen LogP) is 2.38. The first-order valence-electron chi connectivity index (χ1n) is 8.56. The van der Waals surface area contributed by atoms with E-state index in [0.29, 0.717) is 11.4 Å². The average molecular weight is 385 g/mol. The van der Waals surface area contributed by atoms with Gasteiger partial charge in [0.05, 0.1) is 10.9 Å².